The van der Waals surface area contributed by atoms with Gasteiger partial charge in [0.05, 0.1) is 12.4 Å². The highest BCUT2D eigenvalue weighted by atomic mass is 32.1. The maximum atomic E-state index is 12.9. The van der Waals surface area contributed by atoms with Crippen LogP contribution < -0.4 is 27.4 Å². The van der Waals surface area contributed by atoms with Gasteiger partial charge in [-0.15, -0.1) is 0 Å². The van der Waals surface area contributed by atoms with Crippen LogP contribution in [-0.4, -0.2) is 74.6 Å². The molecule has 172 valence electrons. The maximum Gasteiger partial charge on any atom is 0.325 e. The van der Waals surface area contributed by atoms with E-state index in [0.29, 0.717) is 5.69 Å². The van der Waals surface area contributed by atoms with Gasteiger partial charge >= 0.3 is 5.97 Å². The summed E-state index contributed by atoms with van der Waals surface area (Å²) in [7, 11) is 0. The zero-order chi connectivity index (χ0) is 23.6. The number of thiol groups is 1. The standard InChI is InChI=1S/C17H27N7O6S/c1-8(17(29)30)22-15(27)11(2-3-13(19)25)23-16(28)12(4-9-5-20-7-21-9)24-14(26)10(18)6-31/h5,7-8,10-12,31H,2-4,6,18H2,1H3,(H2,19,25)(H,20,21)(H,22,27)(H,23,28)(H,24,26)(H,29,30). The van der Waals surface area contributed by atoms with Gasteiger partial charge in [0, 0.05) is 30.5 Å². The molecule has 31 heavy (non-hydrogen) atoms. The van der Waals surface area contributed by atoms with E-state index in [2.05, 4.69) is 38.5 Å². The van der Waals surface area contributed by atoms with Crippen molar-refractivity contribution in [2.75, 3.05) is 5.75 Å². The van der Waals surface area contributed by atoms with Gasteiger partial charge in [0.2, 0.25) is 23.6 Å². The Morgan fingerprint density at radius 3 is 2.26 bits per heavy atom. The number of primary amides is 1. The zero-order valence-electron chi connectivity index (χ0n) is 16.8. The molecule has 1 aromatic rings. The molecule has 0 aliphatic heterocycles. The van der Waals surface area contributed by atoms with Crippen molar-refractivity contribution < 1.29 is 29.1 Å². The first-order chi connectivity index (χ1) is 14.5. The second kappa shape index (κ2) is 12.5. The fourth-order valence-corrected chi connectivity index (χ4v) is 2.56. The monoisotopic (exact) mass is 457 g/mol. The van der Waals surface area contributed by atoms with Crippen molar-refractivity contribution >= 4 is 42.2 Å². The number of nitrogens with one attached hydrogen (secondary N) is 4. The van der Waals surface area contributed by atoms with Crippen molar-refractivity contribution in [3.63, 3.8) is 0 Å². The first-order valence-electron chi connectivity index (χ1n) is 9.31. The van der Waals surface area contributed by atoms with E-state index >= 15 is 0 Å². The molecule has 4 amide bonds. The highest BCUT2D eigenvalue weighted by molar-refractivity contribution is 7.80. The molecule has 0 spiro atoms. The van der Waals surface area contributed by atoms with Crippen LogP contribution in [0.2, 0.25) is 0 Å². The van der Waals surface area contributed by atoms with Gasteiger partial charge in [-0.05, 0) is 13.3 Å². The van der Waals surface area contributed by atoms with Crippen LogP contribution in [0.3, 0.4) is 0 Å². The number of imidazole rings is 1. The van der Waals surface area contributed by atoms with Gasteiger partial charge < -0.3 is 37.5 Å². The molecule has 0 aliphatic carbocycles. The number of amides is 4. The van der Waals surface area contributed by atoms with Gasteiger partial charge in [-0.25, -0.2) is 4.98 Å². The van der Waals surface area contributed by atoms with Crippen molar-refractivity contribution in [1.29, 1.82) is 0 Å². The van der Waals surface area contributed by atoms with E-state index < -0.39 is 53.8 Å². The van der Waals surface area contributed by atoms with Gasteiger partial charge in [0.25, 0.3) is 0 Å². The number of rotatable bonds is 13. The summed E-state index contributed by atoms with van der Waals surface area (Å²) >= 11 is 3.95. The van der Waals surface area contributed by atoms with Crippen LogP contribution in [0.15, 0.2) is 12.5 Å². The summed E-state index contributed by atoms with van der Waals surface area (Å²) in [5, 5.41) is 16.1. The molecule has 0 aliphatic rings. The average molecular weight is 458 g/mol. The van der Waals surface area contributed by atoms with Crippen LogP contribution in [0.25, 0.3) is 0 Å². The van der Waals surface area contributed by atoms with E-state index in [-0.39, 0.29) is 25.0 Å². The SMILES string of the molecule is CC(NC(=O)C(CCC(N)=O)NC(=O)C(Cc1cnc[nH]1)NC(=O)C(N)CS)C(=O)O. The lowest BCUT2D eigenvalue weighted by molar-refractivity contribution is -0.142. The van der Waals surface area contributed by atoms with Gasteiger partial charge in [0.15, 0.2) is 0 Å². The third-order valence-corrected chi connectivity index (χ3v) is 4.58. The van der Waals surface area contributed by atoms with E-state index in [9.17, 15) is 24.0 Å². The summed E-state index contributed by atoms with van der Waals surface area (Å²) in [6, 6.07) is -4.60. The molecule has 0 radical (unpaired) electrons. The number of hydrogen-bond donors (Lipinski definition) is 8. The Hall–Kier alpha value is -3.13. The topological polar surface area (TPSA) is 222 Å². The molecule has 14 heteroatoms. The van der Waals surface area contributed by atoms with Crippen molar-refractivity contribution in [2.24, 2.45) is 11.5 Å². The van der Waals surface area contributed by atoms with Gasteiger partial charge in [-0.3, -0.25) is 24.0 Å². The highest BCUT2D eigenvalue weighted by Gasteiger charge is 2.29. The van der Waals surface area contributed by atoms with E-state index in [0.717, 1.165) is 0 Å². The fraction of sp³-hybridized carbons (Fsp3) is 0.529. The minimum Gasteiger partial charge on any atom is -0.480 e. The molecule has 0 saturated carbocycles. The third kappa shape index (κ3) is 9.04. The number of hydrogen-bond acceptors (Lipinski definition) is 8. The number of carbonyl (C=O) groups is 5. The zero-order valence-corrected chi connectivity index (χ0v) is 17.7. The molecule has 1 rings (SSSR count). The van der Waals surface area contributed by atoms with Crippen molar-refractivity contribution in [2.45, 2.75) is 50.4 Å². The van der Waals surface area contributed by atoms with Gasteiger partial charge in [0.1, 0.15) is 18.1 Å². The summed E-state index contributed by atoms with van der Waals surface area (Å²) in [5.41, 5.74) is 11.3. The number of aromatic amines is 1. The number of nitrogens with zero attached hydrogens (tertiary/aromatic N) is 1. The van der Waals surface area contributed by atoms with E-state index in [1.54, 1.807) is 0 Å². The molecular weight excluding hydrogens is 430 g/mol. The van der Waals surface area contributed by atoms with Gasteiger partial charge in [-0.1, -0.05) is 0 Å². The Morgan fingerprint density at radius 1 is 1.13 bits per heavy atom. The number of carboxylic acids is 1. The molecule has 0 aromatic carbocycles. The van der Waals surface area contributed by atoms with Crippen LogP contribution in [0.1, 0.15) is 25.5 Å². The quantitative estimate of drug-likeness (QED) is 0.142. The molecule has 0 fully saturated rings. The van der Waals surface area contributed by atoms with Crippen LogP contribution in [0.5, 0.6) is 0 Å². The van der Waals surface area contributed by atoms with Crippen molar-refractivity contribution in [3.05, 3.63) is 18.2 Å². The maximum absolute atomic E-state index is 12.9. The number of aromatic nitrogens is 2. The molecule has 4 atom stereocenters. The van der Waals surface area contributed by atoms with E-state index in [1.807, 2.05) is 0 Å². The molecule has 1 heterocycles. The number of carbonyl (C=O) groups excluding carboxylic acids is 4. The van der Waals surface area contributed by atoms with E-state index in [1.165, 1.54) is 19.4 Å². The van der Waals surface area contributed by atoms with Gasteiger partial charge in [-0.2, -0.15) is 12.6 Å². The second-order valence-electron chi connectivity index (χ2n) is 6.77. The lowest BCUT2D eigenvalue weighted by Crippen LogP contribution is -2.57. The van der Waals surface area contributed by atoms with Crippen molar-refractivity contribution in [1.82, 2.24) is 25.9 Å². The molecule has 13 nitrogen and oxygen atoms in total. The minimum absolute atomic E-state index is 0.00650. The Labute approximate surface area is 183 Å². The Balaban J connectivity index is 2.99. The summed E-state index contributed by atoms with van der Waals surface area (Å²) in [6.07, 6.45) is 2.45. The average Bonchev–Trinajstić information content (AvgIpc) is 3.22. The molecule has 0 saturated heterocycles. The second-order valence-corrected chi connectivity index (χ2v) is 7.13. The van der Waals surface area contributed by atoms with E-state index in [4.69, 9.17) is 16.6 Å². The molecular formula is C17H27N7O6S. The largest absolute Gasteiger partial charge is 0.480 e. The highest BCUT2D eigenvalue weighted by Crippen LogP contribution is 2.04. The predicted molar refractivity (Wildman–Crippen MR) is 112 cm³/mol. The van der Waals surface area contributed by atoms with Crippen LogP contribution in [-0.2, 0) is 30.4 Å². The Morgan fingerprint density at radius 2 is 1.74 bits per heavy atom. The summed E-state index contributed by atoms with van der Waals surface area (Å²) < 4.78 is 0. The third-order valence-electron chi connectivity index (χ3n) is 4.19. The summed E-state index contributed by atoms with van der Waals surface area (Å²) in [4.78, 5) is 66.3. The fourth-order valence-electron chi connectivity index (χ4n) is 2.39. The minimum atomic E-state index is -1.28. The lowest BCUT2D eigenvalue weighted by atomic mass is 10.1. The first kappa shape index (κ1) is 25.9. The Kier molecular flexibility index (Phi) is 10.5. The molecule has 0 bridgehead atoms. The summed E-state index contributed by atoms with van der Waals surface area (Å²) in [5.74, 6) is -4.14. The number of aliphatic carboxylic acids is 1. The first-order valence-corrected chi connectivity index (χ1v) is 9.94. The lowest BCUT2D eigenvalue weighted by Gasteiger charge is -2.24. The van der Waals surface area contributed by atoms with Crippen molar-refractivity contribution in [3.8, 4) is 0 Å². The van der Waals surface area contributed by atoms with Crippen LogP contribution >= 0.6 is 12.6 Å². The molecule has 1 aromatic heterocycles. The molecule has 9 N–H and O–H groups in total. The predicted octanol–water partition coefficient (Wildman–Crippen LogP) is -2.97. The normalized spacial score (nSPS) is 14.5. The van der Waals surface area contributed by atoms with Crippen LogP contribution in [0.4, 0.5) is 0 Å². The smallest absolute Gasteiger partial charge is 0.325 e. The number of H-pyrrole nitrogens is 1. The van der Waals surface area contributed by atoms with Crippen LogP contribution in [0, 0.1) is 0 Å². The molecule has 4 unspecified atom stereocenters. The number of nitrogens with two attached hydrogens (primary N) is 2. The summed E-state index contributed by atoms with van der Waals surface area (Å²) in [6.45, 7) is 1.24. The number of carboxylic acid groups (broad SMARTS) is 1. The Bertz CT molecular complexity index is 788.